The van der Waals surface area contributed by atoms with E-state index in [-0.39, 0.29) is 21.9 Å². The van der Waals surface area contributed by atoms with Crippen LogP contribution in [0.2, 0.25) is 0 Å². The van der Waals surface area contributed by atoms with E-state index in [0.29, 0.717) is 29.6 Å². The van der Waals surface area contributed by atoms with Crippen LogP contribution in [0, 0.1) is 0 Å². The molecule has 154 valence electrons. The number of H-pyrrole nitrogens is 1. The quantitative estimate of drug-likeness (QED) is 0.450. The van der Waals surface area contributed by atoms with Gasteiger partial charge in [-0.2, -0.15) is 5.10 Å². The first kappa shape index (κ1) is 21.0. The highest BCUT2D eigenvalue weighted by Crippen LogP contribution is 2.17. The van der Waals surface area contributed by atoms with Crippen LogP contribution in [0.1, 0.15) is 6.42 Å². The molecule has 0 aliphatic carbocycles. The van der Waals surface area contributed by atoms with Crippen LogP contribution < -0.4 is 15.6 Å². The lowest BCUT2D eigenvalue weighted by Gasteiger charge is -2.09. The Hall–Kier alpha value is -2.76. The molecule has 29 heavy (non-hydrogen) atoms. The number of rotatable bonds is 8. The molecule has 0 amide bonds. The van der Waals surface area contributed by atoms with Gasteiger partial charge in [-0.3, -0.25) is 4.79 Å². The molecule has 0 bridgehead atoms. The van der Waals surface area contributed by atoms with Gasteiger partial charge in [-0.15, -0.1) is 0 Å². The molecule has 0 atom stereocenters. The van der Waals surface area contributed by atoms with Crippen molar-refractivity contribution in [1.82, 2.24) is 14.9 Å². The minimum atomic E-state index is -3.74. The fourth-order valence-corrected chi connectivity index (χ4v) is 4.41. The Morgan fingerprint density at radius 1 is 0.897 bits per heavy atom. The number of aromatic amines is 1. The zero-order chi connectivity index (χ0) is 21.1. The molecular formula is C18H20N4O5S2. The summed E-state index contributed by atoms with van der Waals surface area (Å²) in [5, 5.41) is 10.7. The first-order chi connectivity index (χ1) is 13.7. The van der Waals surface area contributed by atoms with Crippen LogP contribution in [0.25, 0.3) is 10.8 Å². The fourth-order valence-electron chi connectivity index (χ4n) is 2.70. The van der Waals surface area contributed by atoms with Crippen molar-refractivity contribution < 1.29 is 16.8 Å². The van der Waals surface area contributed by atoms with Gasteiger partial charge in [0.15, 0.2) is 15.7 Å². The third kappa shape index (κ3) is 5.00. The lowest BCUT2D eigenvalue weighted by atomic mass is 10.2. The SMILES string of the molecule is CS(=O)(=O)c1ccc(S(=O)(=O)NCCCNc2n[nH]c(=O)c3ccccc23)cc1. The van der Waals surface area contributed by atoms with Crippen LogP contribution in [-0.4, -0.2) is 46.4 Å². The van der Waals surface area contributed by atoms with E-state index < -0.39 is 19.9 Å². The molecule has 0 aliphatic rings. The van der Waals surface area contributed by atoms with Gasteiger partial charge in [0.1, 0.15) is 0 Å². The van der Waals surface area contributed by atoms with E-state index in [1.54, 1.807) is 24.3 Å². The Morgan fingerprint density at radius 2 is 1.52 bits per heavy atom. The van der Waals surface area contributed by atoms with E-state index in [1.165, 1.54) is 24.3 Å². The van der Waals surface area contributed by atoms with Crippen LogP contribution in [0.15, 0.2) is 63.1 Å². The molecule has 0 spiro atoms. The third-order valence-electron chi connectivity index (χ3n) is 4.20. The number of anilines is 1. The molecule has 0 radical (unpaired) electrons. The number of nitrogens with one attached hydrogen (secondary N) is 3. The van der Waals surface area contributed by atoms with Gasteiger partial charge in [-0.25, -0.2) is 26.7 Å². The normalized spacial score (nSPS) is 12.2. The number of fused-ring (bicyclic) bond motifs is 1. The molecule has 1 heterocycles. The monoisotopic (exact) mass is 436 g/mol. The largest absolute Gasteiger partial charge is 0.368 e. The van der Waals surface area contributed by atoms with Crippen molar-refractivity contribution >= 4 is 36.5 Å². The number of hydrogen-bond donors (Lipinski definition) is 3. The Balaban J connectivity index is 1.57. The molecule has 0 aliphatic heterocycles. The standard InChI is InChI=1S/C18H20N4O5S2/c1-28(24,25)13-7-9-14(10-8-13)29(26,27)20-12-4-11-19-17-15-5-2-3-6-16(15)18(23)22-21-17/h2-3,5-10,20H,4,11-12H2,1H3,(H,19,21)(H,22,23). The molecule has 11 heteroatoms. The van der Waals surface area contributed by atoms with E-state index >= 15 is 0 Å². The highest BCUT2D eigenvalue weighted by molar-refractivity contribution is 7.90. The predicted molar refractivity (Wildman–Crippen MR) is 110 cm³/mol. The Labute approximate surface area is 168 Å². The van der Waals surface area contributed by atoms with Crippen LogP contribution in [0.5, 0.6) is 0 Å². The lowest BCUT2D eigenvalue weighted by Crippen LogP contribution is -2.26. The number of hydrogen-bond acceptors (Lipinski definition) is 7. The average molecular weight is 437 g/mol. The van der Waals surface area contributed by atoms with Crippen molar-refractivity contribution in [3.63, 3.8) is 0 Å². The summed E-state index contributed by atoms with van der Waals surface area (Å²) in [7, 11) is -7.13. The van der Waals surface area contributed by atoms with Crippen molar-refractivity contribution in [2.75, 3.05) is 24.7 Å². The maximum absolute atomic E-state index is 12.3. The molecule has 0 saturated carbocycles. The highest BCUT2D eigenvalue weighted by Gasteiger charge is 2.15. The molecule has 3 aromatic rings. The van der Waals surface area contributed by atoms with Crippen molar-refractivity contribution in [2.24, 2.45) is 0 Å². The summed E-state index contributed by atoms with van der Waals surface area (Å²) in [5.74, 6) is 0.513. The molecule has 0 saturated heterocycles. The number of nitrogens with zero attached hydrogens (tertiary/aromatic N) is 1. The van der Waals surface area contributed by atoms with Crippen LogP contribution in [-0.2, 0) is 19.9 Å². The second kappa shape index (κ2) is 8.31. The Morgan fingerprint density at radius 3 is 2.17 bits per heavy atom. The van der Waals surface area contributed by atoms with Crippen LogP contribution in [0.3, 0.4) is 0 Å². The lowest BCUT2D eigenvalue weighted by molar-refractivity contribution is 0.579. The molecule has 9 nitrogen and oxygen atoms in total. The minimum absolute atomic E-state index is 0.00819. The summed E-state index contributed by atoms with van der Waals surface area (Å²) in [6.45, 7) is 0.600. The third-order valence-corrected chi connectivity index (χ3v) is 6.80. The summed E-state index contributed by atoms with van der Waals surface area (Å²) in [5.41, 5.74) is -0.277. The topological polar surface area (TPSA) is 138 Å². The highest BCUT2D eigenvalue weighted by atomic mass is 32.2. The van der Waals surface area contributed by atoms with Gasteiger partial charge in [0.25, 0.3) is 5.56 Å². The molecule has 3 N–H and O–H groups in total. The predicted octanol–water partition coefficient (Wildman–Crippen LogP) is 1.11. The zero-order valence-corrected chi connectivity index (χ0v) is 17.2. The van der Waals surface area contributed by atoms with Gasteiger partial charge in [0.2, 0.25) is 10.0 Å². The van der Waals surface area contributed by atoms with Gasteiger partial charge in [0, 0.05) is 24.7 Å². The second-order valence-electron chi connectivity index (χ2n) is 6.37. The molecule has 0 unspecified atom stereocenters. The van der Waals surface area contributed by atoms with Gasteiger partial charge in [-0.1, -0.05) is 18.2 Å². The van der Waals surface area contributed by atoms with Crippen molar-refractivity contribution in [2.45, 2.75) is 16.2 Å². The summed E-state index contributed by atoms with van der Waals surface area (Å²) >= 11 is 0. The van der Waals surface area contributed by atoms with Gasteiger partial charge in [-0.05, 0) is 36.8 Å². The fraction of sp³-hybridized carbons (Fsp3) is 0.222. The molecule has 0 fully saturated rings. The smallest absolute Gasteiger partial charge is 0.272 e. The summed E-state index contributed by atoms with van der Waals surface area (Å²) < 4.78 is 50.0. The number of aromatic nitrogens is 2. The number of sulfone groups is 1. The maximum atomic E-state index is 12.3. The average Bonchev–Trinajstić information content (AvgIpc) is 2.69. The molecule has 1 aromatic heterocycles. The molecule has 3 rings (SSSR count). The first-order valence-electron chi connectivity index (χ1n) is 8.69. The Bertz CT molecular complexity index is 1280. The van der Waals surface area contributed by atoms with E-state index in [1.807, 2.05) is 0 Å². The van der Waals surface area contributed by atoms with Crippen molar-refractivity contribution in [3.05, 3.63) is 58.9 Å². The summed E-state index contributed by atoms with van der Waals surface area (Å²) in [6, 6.07) is 12.1. The maximum Gasteiger partial charge on any atom is 0.272 e. The van der Waals surface area contributed by atoms with Crippen LogP contribution >= 0.6 is 0 Å². The van der Waals surface area contributed by atoms with Crippen molar-refractivity contribution in [3.8, 4) is 0 Å². The van der Waals surface area contributed by atoms with Gasteiger partial charge in [0.05, 0.1) is 15.2 Å². The van der Waals surface area contributed by atoms with Crippen LogP contribution in [0.4, 0.5) is 5.82 Å². The van der Waals surface area contributed by atoms with E-state index in [0.717, 1.165) is 6.26 Å². The van der Waals surface area contributed by atoms with E-state index in [2.05, 4.69) is 20.2 Å². The minimum Gasteiger partial charge on any atom is -0.368 e. The number of benzene rings is 2. The number of sulfonamides is 1. The summed E-state index contributed by atoms with van der Waals surface area (Å²) in [4.78, 5) is 11.8. The first-order valence-corrected chi connectivity index (χ1v) is 12.1. The van der Waals surface area contributed by atoms with Gasteiger partial charge < -0.3 is 5.32 Å². The van der Waals surface area contributed by atoms with Gasteiger partial charge >= 0.3 is 0 Å². The molecule has 2 aromatic carbocycles. The van der Waals surface area contributed by atoms with Crippen molar-refractivity contribution in [1.29, 1.82) is 0 Å². The zero-order valence-electron chi connectivity index (χ0n) is 15.5. The van der Waals surface area contributed by atoms with E-state index in [4.69, 9.17) is 0 Å². The summed E-state index contributed by atoms with van der Waals surface area (Å²) in [6.07, 6.45) is 1.53. The Kier molecular flexibility index (Phi) is 6.01. The van der Waals surface area contributed by atoms with E-state index in [9.17, 15) is 21.6 Å². The second-order valence-corrected chi connectivity index (χ2v) is 10.2. The molecular weight excluding hydrogens is 416 g/mol.